The van der Waals surface area contributed by atoms with E-state index in [1.807, 2.05) is 0 Å². The standard InChI is InChI=1S/C33H64O4/c1-7-30(31(8-2)33(35)37-27-21-23-29(5)6)24-18-16-14-12-10-9-11-13-15-17-19-25-32(34)36-26-20-22-28(3)4/h28-31H,7-27H2,1-6H3. The highest BCUT2D eigenvalue weighted by Gasteiger charge is 2.26. The first kappa shape index (κ1) is 35.9. The van der Waals surface area contributed by atoms with Crippen molar-refractivity contribution >= 4 is 11.9 Å². The summed E-state index contributed by atoms with van der Waals surface area (Å²) in [5.41, 5.74) is 0. The van der Waals surface area contributed by atoms with Gasteiger partial charge in [0, 0.05) is 6.42 Å². The highest BCUT2D eigenvalue weighted by Crippen LogP contribution is 2.27. The molecule has 37 heavy (non-hydrogen) atoms. The molecule has 0 heterocycles. The number of ether oxygens (including phenoxy) is 2. The molecule has 0 bridgehead atoms. The van der Waals surface area contributed by atoms with Crippen LogP contribution in [0, 0.1) is 23.7 Å². The van der Waals surface area contributed by atoms with Crippen molar-refractivity contribution < 1.29 is 19.1 Å². The Morgan fingerprint density at radius 3 is 1.46 bits per heavy atom. The average Bonchev–Trinajstić information content (AvgIpc) is 2.86. The number of esters is 2. The zero-order chi connectivity index (χ0) is 27.7. The molecule has 220 valence electrons. The van der Waals surface area contributed by atoms with E-state index in [-0.39, 0.29) is 17.9 Å². The van der Waals surface area contributed by atoms with E-state index < -0.39 is 0 Å². The monoisotopic (exact) mass is 524 g/mol. The predicted molar refractivity (Wildman–Crippen MR) is 158 cm³/mol. The van der Waals surface area contributed by atoms with E-state index in [0.29, 0.717) is 37.4 Å². The molecule has 2 unspecified atom stereocenters. The van der Waals surface area contributed by atoms with E-state index in [1.54, 1.807) is 0 Å². The molecule has 0 fully saturated rings. The third kappa shape index (κ3) is 22.6. The summed E-state index contributed by atoms with van der Waals surface area (Å²) in [4.78, 5) is 24.3. The fraction of sp³-hybridized carbons (Fsp3) is 0.939. The van der Waals surface area contributed by atoms with Crippen LogP contribution in [0.4, 0.5) is 0 Å². The molecule has 0 aliphatic heterocycles. The molecule has 0 aromatic rings. The first-order chi connectivity index (χ1) is 17.8. The zero-order valence-electron chi connectivity index (χ0n) is 25.8. The minimum Gasteiger partial charge on any atom is -0.466 e. The van der Waals surface area contributed by atoms with Gasteiger partial charge in [-0.25, -0.2) is 0 Å². The first-order valence-electron chi connectivity index (χ1n) is 16.1. The molecular weight excluding hydrogens is 460 g/mol. The topological polar surface area (TPSA) is 52.6 Å². The number of carbonyl (C=O) groups is 2. The van der Waals surface area contributed by atoms with Gasteiger partial charge in [0.15, 0.2) is 0 Å². The normalized spacial score (nSPS) is 13.2. The van der Waals surface area contributed by atoms with Crippen molar-refractivity contribution in [1.82, 2.24) is 0 Å². The number of carbonyl (C=O) groups excluding carboxylic acids is 2. The van der Waals surface area contributed by atoms with Crippen LogP contribution in [0.2, 0.25) is 0 Å². The van der Waals surface area contributed by atoms with Gasteiger partial charge in [-0.05, 0) is 62.7 Å². The zero-order valence-corrected chi connectivity index (χ0v) is 25.8. The summed E-state index contributed by atoms with van der Waals surface area (Å²) in [6, 6.07) is 0. The summed E-state index contributed by atoms with van der Waals surface area (Å²) in [7, 11) is 0. The second-order valence-electron chi connectivity index (χ2n) is 12.1. The van der Waals surface area contributed by atoms with Gasteiger partial charge >= 0.3 is 11.9 Å². The molecule has 0 aliphatic rings. The van der Waals surface area contributed by atoms with Crippen molar-refractivity contribution in [2.75, 3.05) is 13.2 Å². The van der Waals surface area contributed by atoms with E-state index in [0.717, 1.165) is 57.8 Å². The molecule has 0 saturated carbocycles. The van der Waals surface area contributed by atoms with Crippen LogP contribution in [0.15, 0.2) is 0 Å². The van der Waals surface area contributed by atoms with Gasteiger partial charge in [0.1, 0.15) is 0 Å². The van der Waals surface area contributed by atoms with Gasteiger partial charge in [0.2, 0.25) is 0 Å². The van der Waals surface area contributed by atoms with Crippen LogP contribution in [0.25, 0.3) is 0 Å². The highest BCUT2D eigenvalue weighted by molar-refractivity contribution is 5.72. The Bertz CT molecular complexity index is 528. The van der Waals surface area contributed by atoms with E-state index in [9.17, 15) is 9.59 Å². The minimum absolute atomic E-state index is 0.0174. The third-order valence-corrected chi connectivity index (χ3v) is 7.65. The van der Waals surface area contributed by atoms with Crippen molar-refractivity contribution in [3.63, 3.8) is 0 Å². The molecule has 4 heteroatoms. The fourth-order valence-corrected chi connectivity index (χ4v) is 5.17. The van der Waals surface area contributed by atoms with E-state index in [2.05, 4.69) is 41.5 Å². The van der Waals surface area contributed by atoms with Crippen LogP contribution in [0.3, 0.4) is 0 Å². The van der Waals surface area contributed by atoms with Crippen molar-refractivity contribution in [3.05, 3.63) is 0 Å². The third-order valence-electron chi connectivity index (χ3n) is 7.65. The van der Waals surface area contributed by atoms with Crippen LogP contribution >= 0.6 is 0 Å². The summed E-state index contributed by atoms with van der Waals surface area (Å²) < 4.78 is 10.9. The first-order valence-corrected chi connectivity index (χ1v) is 16.1. The molecule has 2 atom stereocenters. The summed E-state index contributed by atoms with van der Waals surface area (Å²) in [5, 5.41) is 0. The smallest absolute Gasteiger partial charge is 0.309 e. The molecule has 0 aromatic heterocycles. The van der Waals surface area contributed by atoms with Crippen LogP contribution in [0.1, 0.15) is 164 Å². The van der Waals surface area contributed by atoms with E-state index in [1.165, 1.54) is 57.8 Å². The quantitative estimate of drug-likeness (QED) is 0.0834. The van der Waals surface area contributed by atoms with Gasteiger partial charge in [0.25, 0.3) is 0 Å². The molecular formula is C33H64O4. The van der Waals surface area contributed by atoms with Crippen molar-refractivity contribution in [2.45, 2.75) is 164 Å². The molecule has 0 N–H and O–H groups in total. The van der Waals surface area contributed by atoms with Gasteiger partial charge in [-0.15, -0.1) is 0 Å². The molecule has 0 radical (unpaired) electrons. The molecule has 0 aromatic carbocycles. The van der Waals surface area contributed by atoms with Crippen LogP contribution in [-0.4, -0.2) is 25.2 Å². The number of hydrogen-bond donors (Lipinski definition) is 0. The van der Waals surface area contributed by atoms with Gasteiger partial charge < -0.3 is 9.47 Å². The molecule has 0 aliphatic carbocycles. The number of hydrogen-bond acceptors (Lipinski definition) is 4. The van der Waals surface area contributed by atoms with Crippen molar-refractivity contribution in [1.29, 1.82) is 0 Å². The molecule has 0 rings (SSSR count). The summed E-state index contributed by atoms with van der Waals surface area (Å²) in [5.74, 6) is 1.91. The Labute approximate surface area is 231 Å². The predicted octanol–water partition coefficient (Wildman–Crippen LogP) is 10.1. The number of rotatable bonds is 26. The highest BCUT2D eigenvalue weighted by atomic mass is 16.5. The Balaban J connectivity index is 3.65. The van der Waals surface area contributed by atoms with E-state index >= 15 is 0 Å². The lowest BCUT2D eigenvalue weighted by molar-refractivity contribution is -0.151. The second kappa shape index (κ2) is 25.2. The van der Waals surface area contributed by atoms with Crippen molar-refractivity contribution in [3.8, 4) is 0 Å². The maximum absolute atomic E-state index is 12.6. The fourth-order valence-electron chi connectivity index (χ4n) is 5.17. The van der Waals surface area contributed by atoms with Gasteiger partial charge in [-0.2, -0.15) is 0 Å². The molecule has 0 saturated heterocycles. The summed E-state index contributed by atoms with van der Waals surface area (Å²) >= 11 is 0. The average molecular weight is 525 g/mol. The second-order valence-corrected chi connectivity index (χ2v) is 12.1. The molecule has 0 spiro atoms. The Morgan fingerprint density at radius 2 is 1.00 bits per heavy atom. The SMILES string of the molecule is CCC(CCCCCCCCCCCCCC(=O)OCCCC(C)C)C(CC)C(=O)OCCCC(C)C. The molecule has 0 amide bonds. The van der Waals surface area contributed by atoms with Crippen LogP contribution < -0.4 is 0 Å². The molecule has 4 nitrogen and oxygen atoms in total. The van der Waals surface area contributed by atoms with Crippen LogP contribution in [0.5, 0.6) is 0 Å². The maximum Gasteiger partial charge on any atom is 0.309 e. The maximum atomic E-state index is 12.6. The summed E-state index contributed by atoms with van der Waals surface area (Å²) in [6.45, 7) is 14.3. The van der Waals surface area contributed by atoms with Crippen molar-refractivity contribution in [2.24, 2.45) is 23.7 Å². The Kier molecular flexibility index (Phi) is 24.5. The van der Waals surface area contributed by atoms with Gasteiger partial charge in [0.05, 0.1) is 19.1 Å². The Hall–Kier alpha value is -1.06. The largest absolute Gasteiger partial charge is 0.466 e. The minimum atomic E-state index is -0.0174. The lowest BCUT2D eigenvalue weighted by Crippen LogP contribution is -2.25. The summed E-state index contributed by atoms with van der Waals surface area (Å²) in [6.07, 6.45) is 21.7. The lowest BCUT2D eigenvalue weighted by atomic mass is 9.84. The van der Waals surface area contributed by atoms with Gasteiger partial charge in [-0.3, -0.25) is 9.59 Å². The van der Waals surface area contributed by atoms with E-state index in [4.69, 9.17) is 9.47 Å². The van der Waals surface area contributed by atoms with Gasteiger partial charge in [-0.1, -0.05) is 112 Å². The van der Waals surface area contributed by atoms with Crippen LogP contribution in [-0.2, 0) is 19.1 Å². The lowest BCUT2D eigenvalue weighted by Gasteiger charge is -2.24. The number of unbranched alkanes of at least 4 members (excludes halogenated alkanes) is 10. The Morgan fingerprint density at radius 1 is 0.541 bits per heavy atom.